The Hall–Kier alpha value is -2.04. The number of halogens is 2. The summed E-state index contributed by atoms with van der Waals surface area (Å²) in [7, 11) is 0. The zero-order chi connectivity index (χ0) is 18.6. The monoisotopic (exact) mass is 390 g/mol. The van der Waals surface area contributed by atoms with Crippen molar-refractivity contribution in [1.82, 2.24) is 10.6 Å². The normalized spacial score (nSPS) is 14.5. The lowest BCUT2D eigenvalue weighted by Crippen LogP contribution is -2.43. The summed E-state index contributed by atoms with van der Waals surface area (Å²) in [5, 5.41) is 7.08. The van der Waals surface area contributed by atoms with Crippen LogP contribution in [0.2, 0.25) is 10.0 Å². The van der Waals surface area contributed by atoms with Gasteiger partial charge in [-0.05, 0) is 54.7 Å². The van der Waals surface area contributed by atoms with Gasteiger partial charge in [0.05, 0.1) is 0 Å². The number of carbonyl (C=O) groups excluding carboxylic acids is 2. The number of carbonyl (C=O) groups is 2. The molecule has 0 unspecified atom stereocenters. The Morgan fingerprint density at radius 3 is 1.85 bits per heavy atom. The fraction of sp³-hybridized carbons (Fsp3) is 0.300. The SMILES string of the molecule is O=C(NCCc1ccc(Cl)cc1)C1(C(=O)NCc2ccc(Cl)cc2)CC1. The predicted octanol–water partition coefficient (Wildman–Crippen LogP) is 3.75. The van der Waals surface area contributed by atoms with E-state index in [0.717, 1.165) is 11.1 Å². The van der Waals surface area contributed by atoms with Crippen LogP contribution < -0.4 is 10.6 Å². The van der Waals surface area contributed by atoms with Crippen LogP contribution in [0, 0.1) is 5.41 Å². The Labute approximate surface area is 162 Å². The van der Waals surface area contributed by atoms with Crippen LogP contribution in [0.4, 0.5) is 0 Å². The third-order valence-electron chi connectivity index (χ3n) is 4.60. The molecule has 0 bridgehead atoms. The van der Waals surface area contributed by atoms with Crippen molar-refractivity contribution in [2.75, 3.05) is 6.54 Å². The topological polar surface area (TPSA) is 58.2 Å². The van der Waals surface area contributed by atoms with E-state index in [2.05, 4.69) is 10.6 Å². The highest BCUT2D eigenvalue weighted by atomic mass is 35.5. The quantitative estimate of drug-likeness (QED) is 0.707. The van der Waals surface area contributed by atoms with E-state index in [0.29, 0.717) is 42.4 Å². The molecule has 0 aromatic heterocycles. The van der Waals surface area contributed by atoms with E-state index in [4.69, 9.17) is 23.2 Å². The first-order valence-corrected chi connectivity index (χ1v) is 9.31. The highest BCUT2D eigenvalue weighted by Gasteiger charge is 2.56. The van der Waals surface area contributed by atoms with Crippen LogP contribution in [-0.4, -0.2) is 18.4 Å². The summed E-state index contributed by atoms with van der Waals surface area (Å²) < 4.78 is 0. The van der Waals surface area contributed by atoms with Gasteiger partial charge in [-0.1, -0.05) is 47.5 Å². The van der Waals surface area contributed by atoms with E-state index >= 15 is 0 Å². The fourth-order valence-corrected chi connectivity index (χ4v) is 3.03. The highest BCUT2D eigenvalue weighted by Crippen LogP contribution is 2.46. The van der Waals surface area contributed by atoms with Crippen LogP contribution in [-0.2, 0) is 22.6 Å². The molecular weight excluding hydrogens is 371 g/mol. The van der Waals surface area contributed by atoms with E-state index in [1.807, 2.05) is 36.4 Å². The minimum atomic E-state index is -0.910. The van der Waals surface area contributed by atoms with Crippen LogP contribution in [0.15, 0.2) is 48.5 Å². The van der Waals surface area contributed by atoms with E-state index in [-0.39, 0.29) is 11.8 Å². The Bertz CT molecular complexity index is 784. The van der Waals surface area contributed by atoms with Gasteiger partial charge in [0.25, 0.3) is 0 Å². The van der Waals surface area contributed by atoms with Gasteiger partial charge in [0.15, 0.2) is 0 Å². The second kappa shape index (κ2) is 8.11. The summed E-state index contributed by atoms with van der Waals surface area (Å²) in [6, 6.07) is 14.8. The summed E-state index contributed by atoms with van der Waals surface area (Å²) in [4.78, 5) is 24.9. The Kier molecular flexibility index (Phi) is 5.84. The standard InChI is InChI=1S/C20H20Cl2N2O2/c21-16-5-1-14(2-6-16)9-12-23-18(25)20(10-11-20)19(26)24-13-15-3-7-17(22)8-4-15/h1-8H,9-13H2,(H,23,25)(H,24,26). The minimum absolute atomic E-state index is 0.194. The number of amides is 2. The summed E-state index contributed by atoms with van der Waals surface area (Å²) >= 11 is 11.7. The van der Waals surface area contributed by atoms with Gasteiger partial charge in [0, 0.05) is 23.1 Å². The molecule has 136 valence electrons. The van der Waals surface area contributed by atoms with Crippen LogP contribution in [0.1, 0.15) is 24.0 Å². The Morgan fingerprint density at radius 1 is 0.808 bits per heavy atom. The second-order valence-corrected chi connectivity index (χ2v) is 7.40. The van der Waals surface area contributed by atoms with Crippen LogP contribution in [0.3, 0.4) is 0 Å². The van der Waals surface area contributed by atoms with E-state index in [9.17, 15) is 9.59 Å². The van der Waals surface area contributed by atoms with Gasteiger partial charge in [-0.15, -0.1) is 0 Å². The molecule has 2 aromatic carbocycles. The van der Waals surface area contributed by atoms with Crippen molar-refractivity contribution in [3.8, 4) is 0 Å². The molecule has 0 atom stereocenters. The fourth-order valence-electron chi connectivity index (χ4n) is 2.78. The molecule has 2 N–H and O–H groups in total. The maximum atomic E-state index is 12.5. The first-order valence-electron chi connectivity index (χ1n) is 8.55. The Balaban J connectivity index is 1.47. The van der Waals surface area contributed by atoms with E-state index in [1.54, 1.807) is 12.1 Å². The molecule has 1 aliphatic carbocycles. The van der Waals surface area contributed by atoms with Crippen molar-refractivity contribution in [1.29, 1.82) is 0 Å². The molecule has 2 amide bonds. The summed E-state index contributed by atoms with van der Waals surface area (Å²) in [6.07, 6.45) is 1.88. The van der Waals surface area contributed by atoms with Crippen molar-refractivity contribution >= 4 is 35.0 Å². The van der Waals surface area contributed by atoms with Gasteiger partial charge >= 0.3 is 0 Å². The molecule has 1 saturated carbocycles. The molecule has 0 heterocycles. The molecule has 0 aliphatic heterocycles. The lowest BCUT2D eigenvalue weighted by molar-refractivity contribution is -0.137. The van der Waals surface area contributed by atoms with Crippen LogP contribution in [0.25, 0.3) is 0 Å². The average molecular weight is 391 g/mol. The van der Waals surface area contributed by atoms with Crippen molar-refractivity contribution in [3.05, 3.63) is 69.7 Å². The van der Waals surface area contributed by atoms with E-state index in [1.165, 1.54) is 0 Å². The van der Waals surface area contributed by atoms with Gasteiger partial charge in [0.2, 0.25) is 11.8 Å². The predicted molar refractivity (Wildman–Crippen MR) is 103 cm³/mol. The van der Waals surface area contributed by atoms with Gasteiger partial charge in [-0.2, -0.15) is 0 Å². The van der Waals surface area contributed by atoms with Crippen molar-refractivity contribution in [2.24, 2.45) is 5.41 Å². The number of benzene rings is 2. The number of hydrogen-bond donors (Lipinski definition) is 2. The molecule has 3 rings (SSSR count). The molecule has 1 aliphatic rings. The van der Waals surface area contributed by atoms with Gasteiger partial charge < -0.3 is 10.6 Å². The average Bonchev–Trinajstić information content (AvgIpc) is 3.45. The lowest BCUT2D eigenvalue weighted by Gasteiger charge is -2.15. The maximum absolute atomic E-state index is 12.5. The zero-order valence-electron chi connectivity index (χ0n) is 14.2. The number of nitrogens with one attached hydrogen (secondary N) is 2. The van der Waals surface area contributed by atoms with Gasteiger partial charge in [-0.25, -0.2) is 0 Å². The van der Waals surface area contributed by atoms with Crippen LogP contribution in [0.5, 0.6) is 0 Å². The Morgan fingerprint density at radius 2 is 1.31 bits per heavy atom. The lowest BCUT2D eigenvalue weighted by atomic mass is 10.0. The molecule has 2 aromatic rings. The first-order chi connectivity index (χ1) is 12.5. The van der Waals surface area contributed by atoms with Gasteiger partial charge in [0.1, 0.15) is 5.41 Å². The first kappa shape index (κ1) is 18.7. The molecule has 0 saturated heterocycles. The summed E-state index contributed by atoms with van der Waals surface area (Å²) in [5.41, 5.74) is 1.13. The largest absolute Gasteiger partial charge is 0.355 e. The highest BCUT2D eigenvalue weighted by molar-refractivity contribution is 6.30. The minimum Gasteiger partial charge on any atom is -0.355 e. The maximum Gasteiger partial charge on any atom is 0.235 e. The van der Waals surface area contributed by atoms with E-state index < -0.39 is 5.41 Å². The zero-order valence-corrected chi connectivity index (χ0v) is 15.7. The molecule has 26 heavy (non-hydrogen) atoms. The molecule has 0 spiro atoms. The molecule has 4 nitrogen and oxygen atoms in total. The van der Waals surface area contributed by atoms with Crippen molar-refractivity contribution in [2.45, 2.75) is 25.8 Å². The second-order valence-electron chi connectivity index (χ2n) is 6.52. The van der Waals surface area contributed by atoms with Crippen LogP contribution >= 0.6 is 23.2 Å². The van der Waals surface area contributed by atoms with Crippen molar-refractivity contribution < 1.29 is 9.59 Å². The third-order valence-corrected chi connectivity index (χ3v) is 5.10. The number of hydrogen-bond acceptors (Lipinski definition) is 2. The van der Waals surface area contributed by atoms with Crippen molar-refractivity contribution in [3.63, 3.8) is 0 Å². The van der Waals surface area contributed by atoms with Gasteiger partial charge in [-0.3, -0.25) is 9.59 Å². The summed E-state index contributed by atoms with van der Waals surface area (Å²) in [5.74, 6) is -0.406. The molecule has 6 heteroatoms. The molecular formula is C20H20Cl2N2O2. The molecule has 0 radical (unpaired) electrons. The summed E-state index contributed by atoms with van der Waals surface area (Å²) in [6.45, 7) is 0.877. The smallest absolute Gasteiger partial charge is 0.235 e. The number of rotatable bonds is 7. The molecule has 1 fully saturated rings. The third kappa shape index (κ3) is 4.57.